The van der Waals surface area contributed by atoms with Crippen molar-refractivity contribution in [3.63, 3.8) is 0 Å². The van der Waals surface area contributed by atoms with Crippen LogP contribution in [0.2, 0.25) is 0 Å². The highest BCUT2D eigenvalue weighted by Crippen LogP contribution is 2.23. The fourth-order valence-electron chi connectivity index (χ4n) is 2.66. The molecule has 0 radical (unpaired) electrons. The third kappa shape index (κ3) is 4.54. The number of carbonyl (C=O) groups excluding carboxylic acids is 2. The molecule has 1 aromatic carbocycles. The minimum absolute atomic E-state index is 0.0360. The Morgan fingerprint density at radius 2 is 2.04 bits per heavy atom. The van der Waals surface area contributed by atoms with Crippen LogP contribution in [0, 0.1) is 5.92 Å². The van der Waals surface area contributed by atoms with E-state index < -0.39 is 17.9 Å². The van der Waals surface area contributed by atoms with Crippen molar-refractivity contribution in [1.82, 2.24) is 10.2 Å². The number of hydrogen-bond donors (Lipinski definition) is 2. The van der Waals surface area contributed by atoms with E-state index in [-0.39, 0.29) is 24.7 Å². The van der Waals surface area contributed by atoms with Crippen molar-refractivity contribution < 1.29 is 19.5 Å². The van der Waals surface area contributed by atoms with E-state index in [0.29, 0.717) is 13.1 Å². The minimum atomic E-state index is -0.990. The Morgan fingerprint density at radius 3 is 2.57 bits per heavy atom. The predicted molar refractivity (Wildman–Crippen MR) is 87.6 cm³/mol. The molecule has 0 aliphatic carbocycles. The molecule has 1 saturated heterocycles. The standard InChI is InChI=1S/C16H19BrN2O4/c1-2-19-9-11(7-14(19)20)16(23)18-13(8-15(21)22)10-3-5-12(17)6-4-10/h3-6,11,13H,2,7-9H2,1H3,(H,18,23)(H,21,22)/t11-,13+/m1/s1. The lowest BCUT2D eigenvalue weighted by Crippen LogP contribution is -2.36. The van der Waals surface area contributed by atoms with Gasteiger partial charge in [0.1, 0.15) is 0 Å². The van der Waals surface area contributed by atoms with Gasteiger partial charge in [-0.3, -0.25) is 14.4 Å². The summed E-state index contributed by atoms with van der Waals surface area (Å²) in [5.74, 6) is -1.72. The lowest BCUT2D eigenvalue weighted by atomic mass is 10.0. The molecular weight excluding hydrogens is 364 g/mol. The predicted octanol–water partition coefficient (Wildman–Crippen LogP) is 1.95. The Bertz CT molecular complexity index is 603. The van der Waals surface area contributed by atoms with Gasteiger partial charge in [0.05, 0.1) is 18.4 Å². The van der Waals surface area contributed by atoms with Crippen molar-refractivity contribution in [2.45, 2.75) is 25.8 Å². The van der Waals surface area contributed by atoms with Gasteiger partial charge < -0.3 is 15.3 Å². The molecule has 23 heavy (non-hydrogen) atoms. The molecule has 2 amide bonds. The molecular formula is C16H19BrN2O4. The first-order valence-corrected chi connectivity index (χ1v) is 8.25. The van der Waals surface area contributed by atoms with Crippen LogP contribution in [-0.4, -0.2) is 40.9 Å². The van der Waals surface area contributed by atoms with E-state index in [4.69, 9.17) is 5.11 Å². The van der Waals surface area contributed by atoms with Gasteiger partial charge in [-0.1, -0.05) is 28.1 Å². The second-order valence-corrected chi connectivity index (χ2v) is 6.46. The summed E-state index contributed by atoms with van der Waals surface area (Å²) in [6.45, 7) is 2.84. The number of carboxylic acids is 1. The molecule has 1 aromatic rings. The van der Waals surface area contributed by atoms with Crippen molar-refractivity contribution >= 4 is 33.7 Å². The van der Waals surface area contributed by atoms with E-state index in [0.717, 1.165) is 10.0 Å². The average Bonchev–Trinajstić information content (AvgIpc) is 2.88. The third-order valence-electron chi connectivity index (χ3n) is 3.93. The number of likely N-dealkylation sites (tertiary alicyclic amines) is 1. The Kier molecular flexibility index (Phi) is 5.76. The molecule has 1 heterocycles. The van der Waals surface area contributed by atoms with Crippen molar-refractivity contribution in [3.05, 3.63) is 34.3 Å². The summed E-state index contributed by atoms with van der Waals surface area (Å²) >= 11 is 3.32. The molecule has 0 spiro atoms. The number of carbonyl (C=O) groups is 3. The smallest absolute Gasteiger partial charge is 0.305 e. The van der Waals surface area contributed by atoms with Gasteiger partial charge in [0, 0.05) is 24.0 Å². The first kappa shape index (κ1) is 17.5. The van der Waals surface area contributed by atoms with Gasteiger partial charge >= 0.3 is 5.97 Å². The number of hydrogen-bond acceptors (Lipinski definition) is 3. The fraction of sp³-hybridized carbons (Fsp3) is 0.438. The van der Waals surface area contributed by atoms with Crippen molar-refractivity contribution in [2.75, 3.05) is 13.1 Å². The van der Waals surface area contributed by atoms with Crippen LogP contribution in [0.1, 0.15) is 31.4 Å². The molecule has 124 valence electrons. The number of amides is 2. The van der Waals surface area contributed by atoms with Gasteiger partial charge in [-0.2, -0.15) is 0 Å². The Labute approximate surface area is 143 Å². The normalized spacial score (nSPS) is 18.8. The summed E-state index contributed by atoms with van der Waals surface area (Å²) in [4.78, 5) is 36.8. The van der Waals surface area contributed by atoms with Crippen LogP contribution in [-0.2, 0) is 14.4 Å². The van der Waals surface area contributed by atoms with E-state index in [1.165, 1.54) is 0 Å². The molecule has 0 unspecified atom stereocenters. The van der Waals surface area contributed by atoms with Crippen LogP contribution >= 0.6 is 15.9 Å². The zero-order valence-electron chi connectivity index (χ0n) is 12.8. The van der Waals surface area contributed by atoms with E-state index in [9.17, 15) is 14.4 Å². The maximum atomic E-state index is 12.4. The van der Waals surface area contributed by atoms with Crippen LogP contribution in [0.25, 0.3) is 0 Å². The molecule has 6 nitrogen and oxygen atoms in total. The highest BCUT2D eigenvalue weighted by atomic mass is 79.9. The summed E-state index contributed by atoms with van der Waals surface area (Å²) in [5, 5.41) is 11.9. The first-order valence-electron chi connectivity index (χ1n) is 7.46. The van der Waals surface area contributed by atoms with Crippen LogP contribution < -0.4 is 5.32 Å². The minimum Gasteiger partial charge on any atom is -0.481 e. The Balaban J connectivity index is 2.08. The lowest BCUT2D eigenvalue weighted by Gasteiger charge is -2.20. The molecule has 1 aliphatic rings. The topological polar surface area (TPSA) is 86.7 Å². The van der Waals surface area contributed by atoms with Crippen molar-refractivity contribution in [1.29, 1.82) is 0 Å². The highest BCUT2D eigenvalue weighted by molar-refractivity contribution is 9.10. The number of nitrogens with one attached hydrogen (secondary N) is 1. The summed E-state index contributed by atoms with van der Waals surface area (Å²) in [6, 6.07) is 6.54. The first-order chi connectivity index (χ1) is 10.9. The van der Waals surface area contributed by atoms with Gasteiger partial charge in [0.15, 0.2) is 0 Å². The zero-order valence-corrected chi connectivity index (χ0v) is 14.4. The summed E-state index contributed by atoms with van der Waals surface area (Å²) in [7, 11) is 0. The average molecular weight is 383 g/mol. The molecule has 2 N–H and O–H groups in total. The van der Waals surface area contributed by atoms with E-state index in [1.54, 1.807) is 29.2 Å². The maximum absolute atomic E-state index is 12.4. The second-order valence-electron chi connectivity index (χ2n) is 5.54. The van der Waals surface area contributed by atoms with Gasteiger partial charge in [-0.15, -0.1) is 0 Å². The molecule has 2 atom stereocenters. The van der Waals surface area contributed by atoms with Gasteiger partial charge in [-0.05, 0) is 24.6 Å². The Hall–Kier alpha value is -1.89. The molecule has 0 saturated carbocycles. The van der Waals surface area contributed by atoms with E-state index in [2.05, 4.69) is 21.2 Å². The number of carboxylic acid groups (broad SMARTS) is 1. The van der Waals surface area contributed by atoms with Crippen molar-refractivity contribution in [3.8, 4) is 0 Å². The zero-order chi connectivity index (χ0) is 17.0. The van der Waals surface area contributed by atoms with Gasteiger partial charge in [0.2, 0.25) is 11.8 Å². The fourth-order valence-corrected chi connectivity index (χ4v) is 2.93. The molecule has 2 rings (SSSR count). The summed E-state index contributed by atoms with van der Waals surface area (Å²) < 4.78 is 0.877. The summed E-state index contributed by atoms with van der Waals surface area (Å²) in [6.07, 6.45) is -0.0225. The SMILES string of the molecule is CCN1C[C@H](C(=O)N[C@@H](CC(=O)O)c2ccc(Br)cc2)CC1=O. The van der Waals surface area contributed by atoms with Crippen molar-refractivity contribution in [2.24, 2.45) is 5.92 Å². The van der Waals surface area contributed by atoms with Gasteiger partial charge in [0.25, 0.3) is 0 Å². The van der Waals surface area contributed by atoms with Crippen LogP contribution in [0.5, 0.6) is 0 Å². The maximum Gasteiger partial charge on any atom is 0.305 e. The largest absolute Gasteiger partial charge is 0.481 e. The van der Waals surface area contributed by atoms with Crippen LogP contribution in [0.15, 0.2) is 28.7 Å². The molecule has 0 bridgehead atoms. The van der Waals surface area contributed by atoms with Gasteiger partial charge in [-0.25, -0.2) is 0 Å². The molecule has 7 heteroatoms. The number of aliphatic carboxylic acids is 1. The Morgan fingerprint density at radius 1 is 1.39 bits per heavy atom. The van der Waals surface area contributed by atoms with Crippen LogP contribution in [0.4, 0.5) is 0 Å². The van der Waals surface area contributed by atoms with E-state index >= 15 is 0 Å². The van der Waals surface area contributed by atoms with Crippen LogP contribution in [0.3, 0.4) is 0 Å². The van der Waals surface area contributed by atoms with E-state index in [1.807, 2.05) is 6.92 Å². The quantitative estimate of drug-likeness (QED) is 0.786. The monoisotopic (exact) mass is 382 g/mol. The number of halogens is 1. The number of benzene rings is 1. The third-order valence-corrected chi connectivity index (χ3v) is 4.46. The molecule has 1 fully saturated rings. The highest BCUT2D eigenvalue weighted by Gasteiger charge is 2.34. The molecule has 0 aromatic heterocycles. The number of rotatable bonds is 6. The second kappa shape index (κ2) is 7.59. The lowest BCUT2D eigenvalue weighted by molar-refractivity contribution is -0.138. The summed E-state index contributed by atoms with van der Waals surface area (Å²) in [5.41, 5.74) is 0.723. The molecule has 1 aliphatic heterocycles. The number of nitrogens with zero attached hydrogens (tertiary/aromatic N) is 1.